The number of halogens is 1. The molecule has 0 aliphatic carbocycles. The third kappa shape index (κ3) is 1.88. The van der Waals surface area contributed by atoms with E-state index in [0.29, 0.717) is 0 Å². The van der Waals surface area contributed by atoms with Gasteiger partial charge in [0.05, 0.1) is 8.45 Å². The van der Waals surface area contributed by atoms with Gasteiger partial charge in [-0.15, -0.1) is 11.3 Å². The number of likely N-dealkylation sites (tertiary alicyclic amines) is 1. The van der Waals surface area contributed by atoms with Crippen LogP contribution in [0.3, 0.4) is 0 Å². The predicted molar refractivity (Wildman–Crippen MR) is 62.2 cm³/mol. The number of carbonyl (C=O) groups excluding carboxylic acids is 1. The van der Waals surface area contributed by atoms with Crippen LogP contribution in [0.1, 0.15) is 23.2 Å². The molecule has 0 bridgehead atoms. The highest BCUT2D eigenvalue weighted by Crippen LogP contribution is 2.22. The standard InChI is InChI=1S/C9H10INOS/c10-8-7(3-6-13-8)9(12)11-4-1-2-5-11/h3,6H,1-2,4-5H2. The Balaban J connectivity index is 2.17. The molecule has 1 amide bonds. The third-order valence-electron chi connectivity index (χ3n) is 2.24. The Morgan fingerprint density at radius 2 is 2.15 bits per heavy atom. The molecule has 1 aromatic heterocycles. The average molecular weight is 307 g/mol. The van der Waals surface area contributed by atoms with Gasteiger partial charge in [0.25, 0.3) is 5.91 Å². The van der Waals surface area contributed by atoms with Gasteiger partial charge in [-0.25, -0.2) is 0 Å². The van der Waals surface area contributed by atoms with E-state index in [0.717, 1.165) is 34.4 Å². The van der Waals surface area contributed by atoms with Gasteiger partial charge < -0.3 is 4.90 Å². The van der Waals surface area contributed by atoms with Gasteiger partial charge in [-0.3, -0.25) is 4.79 Å². The SMILES string of the molecule is O=C(c1ccsc1I)N1CCCC1. The van der Waals surface area contributed by atoms with Gasteiger partial charge in [-0.05, 0) is 46.9 Å². The van der Waals surface area contributed by atoms with Crippen LogP contribution in [0.2, 0.25) is 0 Å². The molecule has 1 aliphatic heterocycles. The zero-order chi connectivity index (χ0) is 9.26. The summed E-state index contributed by atoms with van der Waals surface area (Å²) in [5.41, 5.74) is 0.882. The van der Waals surface area contributed by atoms with Crippen LogP contribution in [0, 0.1) is 2.88 Å². The molecule has 1 saturated heterocycles. The Labute approximate surface area is 95.1 Å². The number of thiophene rings is 1. The fourth-order valence-electron chi connectivity index (χ4n) is 1.54. The Morgan fingerprint density at radius 3 is 2.69 bits per heavy atom. The van der Waals surface area contributed by atoms with Crippen molar-refractivity contribution in [3.63, 3.8) is 0 Å². The molecule has 2 heterocycles. The van der Waals surface area contributed by atoms with Crippen LogP contribution in [-0.2, 0) is 0 Å². The summed E-state index contributed by atoms with van der Waals surface area (Å²) in [6, 6.07) is 1.92. The molecular weight excluding hydrogens is 297 g/mol. The molecule has 13 heavy (non-hydrogen) atoms. The first kappa shape index (κ1) is 9.45. The van der Waals surface area contributed by atoms with Gasteiger partial charge in [0.1, 0.15) is 0 Å². The van der Waals surface area contributed by atoms with Gasteiger partial charge in [-0.1, -0.05) is 0 Å². The van der Waals surface area contributed by atoms with E-state index in [1.165, 1.54) is 0 Å². The fraction of sp³-hybridized carbons (Fsp3) is 0.444. The summed E-state index contributed by atoms with van der Waals surface area (Å²) in [6.45, 7) is 1.87. The maximum Gasteiger partial charge on any atom is 0.255 e. The maximum absolute atomic E-state index is 11.9. The lowest BCUT2D eigenvalue weighted by molar-refractivity contribution is 0.0792. The summed E-state index contributed by atoms with van der Waals surface area (Å²) in [4.78, 5) is 13.8. The molecule has 0 radical (unpaired) electrons. The van der Waals surface area contributed by atoms with Crippen LogP contribution >= 0.6 is 33.9 Å². The minimum Gasteiger partial charge on any atom is -0.339 e. The fourth-order valence-corrected chi connectivity index (χ4v) is 2.99. The number of hydrogen-bond donors (Lipinski definition) is 0. The lowest BCUT2D eigenvalue weighted by Gasteiger charge is -2.14. The van der Waals surface area contributed by atoms with Crippen LogP contribution in [-0.4, -0.2) is 23.9 Å². The first-order chi connectivity index (χ1) is 6.29. The number of hydrogen-bond acceptors (Lipinski definition) is 2. The minimum atomic E-state index is 0.211. The number of amides is 1. The van der Waals surface area contributed by atoms with Crippen molar-refractivity contribution in [3.8, 4) is 0 Å². The quantitative estimate of drug-likeness (QED) is 0.730. The topological polar surface area (TPSA) is 20.3 Å². The van der Waals surface area contributed by atoms with Crippen molar-refractivity contribution in [3.05, 3.63) is 19.9 Å². The Bertz CT molecular complexity index is 317. The molecule has 0 saturated carbocycles. The molecule has 1 fully saturated rings. The predicted octanol–water partition coefficient (Wildman–Crippen LogP) is 2.59. The largest absolute Gasteiger partial charge is 0.339 e. The minimum absolute atomic E-state index is 0.211. The summed E-state index contributed by atoms with van der Waals surface area (Å²) in [5.74, 6) is 0.211. The highest BCUT2D eigenvalue weighted by atomic mass is 127. The average Bonchev–Trinajstić information content (AvgIpc) is 2.72. The van der Waals surface area contributed by atoms with E-state index >= 15 is 0 Å². The van der Waals surface area contributed by atoms with E-state index in [9.17, 15) is 4.79 Å². The van der Waals surface area contributed by atoms with Gasteiger partial charge in [0.2, 0.25) is 0 Å². The Hall–Kier alpha value is -0.100. The van der Waals surface area contributed by atoms with Crippen molar-refractivity contribution < 1.29 is 4.79 Å². The van der Waals surface area contributed by atoms with Gasteiger partial charge in [0, 0.05) is 13.1 Å². The molecule has 2 rings (SSSR count). The molecule has 0 N–H and O–H groups in total. The molecular formula is C9H10INOS. The highest BCUT2D eigenvalue weighted by molar-refractivity contribution is 14.1. The zero-order valence-electron chi connectivity index (χ0n) is 7.12. The molecule has 0 unspecified atom stereocenters. The molecule has 2 nitrogen and oxygen atoms in total. The Morgan fingerprint density at radius 1 is 1.46 bits per heavy atom. The monoisotopic (exact) mass is 307 g/mol. The van der Waals surface area contributed by atoms with Crippen LogP contribution in [0.5, 0.6) is 0 Å². The molecule has 1 aliphatic rings. The zero-order valence-corrected chi connectivity index (χ0v) is 10.1. The summed E-state index contributed by atoms with van der Waals surface area (Å²) >= 11 is 3.86. The van der Waals surface area contributed by atoms with Crippen LogP contribution in [0.4, 0.5) is 0 Å². The summed E-state index contributed by atoms with van der Waals surface area (Å²) < 4.78 is 1.11. The lowest BCUT2D eigenvalue weighted by Crippen LogP contribution is -2.27. The van der Waals surface area contributed by atoms with Crippen LogP contribution < -0.4 is 0 Å². The second-order valence-electron chi connectivity index (χ2n) is 3.11. The van der Waals surface area contributed by atoms with Crippen molar-refractivity contribution in [1.29, 1.82) is 0 Å². The lowest BCUT2D eigenvalue weighted by atomic mass is 10.3. The van der Waals surface area contributed by atoms with E-state index in [-0.39, 0.29) is 5.91 Å². The normalized spacial score (nSPS) is 16.5. The van der Waals surface area contributed by atoms with E-state index in [4.69, 9.17) is 0 Å². The third-order valence-corrected chi connectivity index (χ3v) is 4.28. The van der Waals surface area contributed by atoms with Crippen molar-refractivity contribution in [2.45, 2.75) is 12.8 Å². The first-order valence-corrected chi connectivity index (χ1v) is 6.27. The highest BCUT2D eigenvalue weighted by Gasteiger charge is 2.21. The number of nitrogens with zero attached hydrogens (tertiary/aromatic N) is 1. The molecule has 0 spiro atoms. The van der Waals surface area contributed by atoms with Crippen molar-refractivity contribution in [2.75, 3.05) is 13.1 Å². The maximum atomic E-state index is 11.9. The second kappa shape index (κ2) is 3.96. The number of carbonyl (C=O) groups is 1. The van der Waals surface area contributed by atoms with E-state index in [1.807, 2.05) is 16.3 Å². The molecule has 70 valence electrons. The van der Waals surface area contributed by atoms with Crippen LogP contribution in [0.15, 0.2) is 11.4 Å². The summed E-state index contributed by atoms with van der Waals surface area (Å²) in [5, 5.41) is 1.98. The molecule has 1 aromatic rings. The van der Waals surface area contributed by atoms with E-state index < -0.39 is 0 Å². The van der Waals surface area contributed by atoms with Crippen molar-refractivity contribution in [2.24, 2.45) is 0 Å². The Kier molecular flexibility index (Phi) is 2.88. The van der Waals surface area contributed by atoms with Gasteiger partial charge in [0.15, 0.2) is 0 Å². The van der Waals surface area contributed by atoms with Crippen LogP contribution in [0.25, 0.3) is 0 Å². The molecule has 0 aromatic carbocycles. The molecule has 0 atom stereocenters. The number of rotatable bonds is 1. The van der Waals surface area contributed by atoms with Crippen molar-refractivity contribution >= 4 is 39.8 Å². The molecule has 4 heteroatoms. The second-order valence-corrected chi connectivity index (χ2v) is 5.83. The van der Waals surface area contributed by atoms with E-state index in [1.54, 1.807) is 11.3 Å². The van der Waals surface area contributed by atoms with Gasteiger partial charge >= 0.3 is 0 Å². The van der Waals surface area contributed by atoms with Crippen molar-refractivity contribution in [1.82, 2.24) is 4.90 Å². The smallest absolute Gasteiger partial charge is 0.255 e. The first-order valence-electron chi connectivity index (χ1n) is 4.31. The summed E-state index contributed by atoms with van der Waals surface area (Å²) in [6.07, 6.45) is 2.32. The summed E-state index contributed by atoms with van der Waals surface area (Å²) in [7, 11) is 0. The van der Waals surface area contributed by atoms with Gasteiger partial charge in [-0.2, -0.15) is 0 Å². The van der Waals surface area contributed by atoms with E-state index in [2.05, 4.69) is 22.6 Å².